The molecule has 1 aliphatic heterocycles. The van der Waals surface area contributed by atoms with Crippen molar-refractivity contribution in [2.75, 3.05) is 39.6 Å². The molecule has 0 aliphatic carbocycles. The molecule has 1 rings (SSSR count). The normalized spacial score (nSPS) is 17.5. The molecule has 9 heteroatoms. The van der Waals surface area contributed by atoms with Gasteiger partial charge in [-0.05, 0) is 13.8 Å². The van der Waals surface area contributed by atoms with Crippen LogP contribution in [0, 0.1) is 0 Å². The number of hydrogen-bond donors (Lipinski definition) is 2. The first-order valence-corrected chi connectivity index (χ1v) is 8.53. The fourth-order valence-corrected chi connectivity index (χ4v) is 2.29. The van der Waals surface area contributed by atoms with Crippen LogP contribution >= 0.6 is 0 Å². The number of nitrogens with two attached hydrogens (primary N) is 1. The second kappa shape index (κ2) is 11.5. The Balaban J connectivity index is 2.96. The van der Waals surface area contributed by atoms with E-state index in [0.29, 0.717) is 32.7 Å². The lowest BCUT2D eigenvalue weighted by atomic mass is 9.93. The minimum absolute atomic E-state index is 0.0161. The van der Waals surface area contributed by atoms with Crippen molar-refractivity contribution >= 4 is 11.8 Å². The third kappa shape index (κ3) is 6.66. The molecule has 0 aromatic carbocycles. The molecule has 0 radical (unpaired) electrons. The van der Waals surface area contributed by atoms with Crippen LogP contribution in [0.1, 0.15) is 26.7 Å². The summed E-state index contributed by atoms with van der Waals surface area (Å²) in [5.41, 5.74) is 5.19. The van der Waals surface area contributed by atoms with Gasteiger partial charge < -0.3 is 34.6 Å². The molecular weight excluding hydrogens is 344 g/mol. The molecule has 0 amide bonds. The van der Waals surface area contributed by atoms with Crippen LogP contribution < -0.4 is 5.73 Å². The molecule has 0 aromatic heterocycles. The van der Waals surface area contributed by atoms with Crippen molar-refractivity contribution < 1.29 is 33.7 Å². The Morgan fingerprint density at radius 1 is 1.31 bits per heavy atom. The topological polar surface area (TPSA) is 122 Å². The number of oxime groups is 1. The maximum absolute atomic E-state index is 11.7. The highest BCUT2D eigenvalue weighted by Crippen LogP contribution is 2.26. The molecule has 0 saturated carbocycles. The van der Waals surface area contributed by atoms with E-state index in [1.165, 1.54) is 0 Å². The smallest absolute Gasteiger partial charge is 0.334 e. The Hall–Kier alpha value is -2.10. The average molecular weight is 372 g/mol. The maximum atomic E-state index is 11.7. The summed E-state index contributed by atoms with van der Waals surface area (Å²) in [5.74, 6) is -0.435. The van der Waals surface area contributed by atoms with E-state index in [1.54, 1.807) is 13.8 Å². The number of rotatable bonds is 11. The first-order valence-electron chi connectivity index (χ1n) is 8.53. The van der Waals surface area contributed by atoms with Gasteiger partial charge in [0.25, 0.3) is 0 Å². The molecule has 0 spiro atoms. The number of ether oxygens (including phenoxy) is 4. The fourth-order valence-electron chi connectivity index (χ4n) is 2.29. The number of carbonyl (C=O) groups excluding carboxylic acids is 1. The van der Waals surface area contributed by atoms with Crippen LogP contribution in [-0.4, -0.2) is 62.2 Å². The van der Waals surface area contributed by atoms with Crippen LogP contribution in [0.2, 0.25) is 0 Å². The van der Waals surface area contributed by atoms with Gasteiger partial charge in [0.2, 0.25) is 5.76 Å². The molecule has 1 heterocycles. The number of hydrogen-bond acceptors (Lipinski definition) is 8. The number of aliphatic hydroxyl groups excluding tert-OH is 1. The van der Waals surface area contributed by atoms with Gasteiger partial charge in [-0.1, -0.05) is 11.7 Å². The van der Waals surface area contributed by atoms with Crippen LogP contribution in [0.25, 0.3) is 0 Å². The molecule has 9 nitrogen and oxygen atoms in total. The molecule has 0 unspecified atom stereocenters. The molecule has 1 aliphatic rings. The molecule has 0 aromatic rings. The van der Waals surface area contributed by atoms with Gasteiger partial charge in [0.15, 0.2) is 11.6 Å². The van der Waals surface area contributed by atoms with Crippen LogP contribution in [0.4, 0.5) is 0 Å². The third-order valence-electron chi connectivity index (χ3n) is 3.61. The fraction of sp³-hybridized carbons (Fsp3) is 0.647. The predicted molar refractivity (Wildman–Crippen MR) is 94.0 cm³/mol. The summed E-state index contributed by atoms with van der Waals surface area (Å²) >= 11 is 0. The molecule has 1 saturated heterocycles. The minimum atomic E-state index is -0.900. The van der Waals surface area contributed by atoms with Gasteiger partial charge in [-0.3, -0.25) is 0 Å². The summed E-state index contributed by atoms with van der Waals surface area (Å²) < 4.78 is 21.2. The number of nitrogens with zero attached hydrogens (tertiary/aromatic N) is 1. The average Bonchev–Trinajstić information content (AvgIpc) is 2.64. The van der Waals surface area contributed by atoms with Crippen LogP contribution in [0.5, 0.6) is 0 Å². The second-order valence-electron chi connectivity index (χ2n) is 5.36. The zero-order valence-electron chi connectivity index (χ0n) is 15.4. The Kier molecular flexibility index (Phi) is 9.71. The number of amidine groups is 1. The molecule has 0 atom stereocenters. The standard InChI is InChI=1S/C17H28N2O7/c1-4-23-13(3)14(12-15(21)24-5-2)26-19-16(18)17(25-11-8-20)6-9-22-10-7-17/h12,20H,3-11H2,1-2H3,(H2,18,19)/b14-12+. The van der Waals surface area contributed by atoms with Crippen molar-refractivity contribution in [3.63, 3.8) is 0 Å². The van der Waals surface area contributed by atoms with Crippen molar-refractivity contribution in [2.45, 2.75) is 32.3 Å². The predicted octanol–water partition coefficient (Wildman–Crippen LogP) is 0.830. The first kappa shape index (κ1) is 21.9. The molecule has 1 fully saturated rings. The van der Waals surface area contributed by atoms with Gasteiger partial charge >= 0.3 is 5.97 Å². The van der Waals surface area contributed by atoms with E-state index in [0.717, 1.165) is 6.08 Å². The van der Waals surface area contributed by atoms with Crippen molar-refractivity contribution in [3.8, 4) is 0 Å². The molecule has 3 N–H and O–H groups in total. The zero-order valence-corrected chi connectivity index (χ0v) is 15.4. The zero-order chi connectivity index (χ0) is 19.4. The van der Waals surface area contributed by atoms with Crippen LogP contribution in [-0.2, 0) is 28.6 Å². The summed E-state index contributed by atoms with van der Waals surface area (Å²) in [6.07, 6.45) is 2.02. The number of carbonyl (C=O) groups is 1. The lowest BCUT2D eigenvalue weighted by molar-refractivity contribution is -0.137. The van der Waals surface area contributed by atoms with Crippen molar-refractivity contribution in [1.29, 1.82) is 0 Å². The highest BCUT2D eigenvalue weighted by Gasteiger charge is 2.38. The second-order valence-corrected chi connectivity index (χ2v) is 5.36. The Morgan fingerprint density at radius 3 is 2.54 bits per heavy atom. The van der Waals surface area contributed by atoms with E-state index < -0.39 is 11.6 Å². The molecular formula is C17H28N2O7. The van der Waals surface area contributed by atoms with E-state index in [1.807, 2.05) is 0 Å². The SMILES string of the molecule is C=C(OCC)/C(=C\C(=O)OCC)O/N=C(\N)C1(OCCO)CCOCC1. The quantitative estimate of drug-likeness (QED) is 0.104. The Labute approximate surface area is 153 Å². The Bertz CT molecular complexity index is 525. The van der Waals surface area contributed by atoms with Crippen LogP contribution in [0.3, 0.4) is 0 Å². The van der Waals surface area contributed by atoms with Crippen molar-refractivity contribution in [2.24, 2.45) is 10.9 Å². The monoisotopic (exact) mass is 372 g/mol. The van der Waals surface area contributed by atoms with E-state index in [2.05, 4.69) is 11.7 Å². The molecule has 26 heavy (non-hydrogen) atoms. The van der Waals surface area contributed by atoms with Crippen molar-refractivity contribution in [3.05, 3.63) is 24.2 Å². The van der Waals surface area contributed by atoms with Gasteiger partial charge in [-0.25, -0.2) is 4.79 Å². The molecule has 148 valence electrons. The lowest BCUT2D eigenvalue weighted by Gasteiger charge is -2.35. The lowest BCUT2D eigenvalue weighted by Crippen LogP contribution is -2.51. The maximum Gasteiger partial charge on any atom is 0.334 e. The highest BCUT2D eigenvalue weighted by molar-refractivity contribution is 5.89. The number of esters is 1. The first-order chi connectivity index (χ1) is 12.5. The van der Waals surface area contributed by atoms with Gasteiger partial charge in [-0.15, -0.1) is 0 Å². The summed E-state index contributed by atoms with van der Waals surface area (Å²) in [6, 6.07) is 0. The van der Waals surface area contributed by atoms with Gasteiger partial charge in [0.05, 0.1) is 32.5 Å². The van der Waals surface area contributed by atoms with E-state index in [9.17, 15) is 4.79 Å². The van der Waals surface area contributed by atoms with Gasteiger partial charge in [0, 0.05) is 26.1 Å². The summed E-state index contributed by atoms with van der Waals surface area (Å²) in [4.78, 5) is 17.0. The minimum Gasteiger partial charge on any atom is -0.490 e. The van der Waals surface area contributed by atoms with E-state index >= 15 is 0 Å². The largest absolute Gasteiger partial charge is 0.490 e. The summed E-state index contributed by atoms with van der Waals surface area (Å²) in [7, 11) is 0. The van der Waals surface area contributed by atoms with Crippen LogP contribution in [0.15, 0.2) is 29.3 Å². The van der Waals surface area contributed by atoms with Crippen molar-refractivity contribution in [1.82, 2.24) is 0 Å². The third-order valence-corrected chi connectivity index (χ3v) is 3.61. The Morgan fingerprint density at radius 2 is 1.96 bits per heavy atom. The molecule has 0 bridgehead atoms. The van der Waals surface area contributed by atoms with E-state index in [-0.39, 0.29) is 37.2 Å². The van der Waals surface area contributed by atoms with E-state index in [4.69, 9.17) is 34.6 Å². The summed E-state index contributed by atoms with van der Waals surface area (Å²) in [5, 5.41) is 12.9. The van der Waals surface area contributed by atoms with Gasteiger partial charge in [-0.2, -0.15) is 0 Å². The highest BCUT2D eigenvalue weighted by atomic mass is 16.6. The summed E-state index contributed by atoms with van der Waals surface area (Å²) in [6.45, 7) is 8.55. The number of aliphatic hydroxyl groups is 1. The van der Waals surface area contributed by atoms with Gasteiger partial charge in [0.1, 0.15) is 5.60 Å².